The molecular weight excluding hydrogens is 198 g/mol. The minimum Gasteiger partial charge on any atom is -0.493 e. The maximum Gasteiger partial charge on any atom is 0.132 e. The minimum absolute atomic E-state index is 0.133. The van der Waals surface area contributed by atoms with E-state index in [1.807, 2.05) is 0 Å². The van der Waals surface area contributed by atoms with Crippen LogP contribution in [-0.2, 0) is 6.42 Å². The molecule has 0 amide bonds. The van der Waals surface area contributed by atoms with Gasteiger partial charge in [0.25, 0.3) is 0 Å². The molecule has 1 nitrogen and oxygen atoms in total. The van der Waals surface area contributed by atoms with Crippen LogP contribution >= 0.6 is 0 Å². The second-order valence-corrected chi connectivity index (χ2v) is 3.97. The molecule has 1 aromatic carbocycles. The zero-order valence-corrected chi connectivity index (χ0v) is 8.72. The summed E-state index contributed by atoms with van der Waals surface area (Å²) < 4.78 is 32.0. The molecule has 0 N–H and O–H groups in total. The van der Waals surface area contributed by atoms with Crippen LogP contribution in [0, 0.1) is 17.6 Å². The van der Waals surface area contributed by atoms with Crippen molar-refractivity contribution in [2.75, 3.05) is 6.61 Å². The first-order valence-electron chi connectivity index (χ1n) is 5.31. The van der Waals surface area contributed by atoms with Crippen LogP contribution in [0.5, 0.6) is 5.75 Å². The van der Waals surface area contributed by atoms with Crippen molar-refractivity contribution in [3.05, 3.63) is 29.3 Å². The Morgan fingerprint density at radius 1 is 1.27 bits per heavy atom. The molecule has 1 fully saturated rings. The van der Waals surface area contributed by atoms with Gasteiger partial charge < -0.3 is 4.74 Å². The molecule has 1 aliphatic carbocycles. The fourth-order valence-corrected chi connectivity index (χ4v) is 1.50. The van der Waals surface area contributed by atoms with Gasteiger partial charge in [0.15, 0.2) is 0 Å². The summed E-state index contributed by atoms with van der Waals surface area (Å²) in [5, 5.41) is 0. The summed E-state index contributed by atoms with van der Waals surface area (Å²) in [4.78, 5) is 0. The Kier molecular flexibility index (Phi) is 2.89. The van der Waals surface area contributed by atoms with Gasteiger partial charge in [-0.25, -0.2) is 8.78 Å². The van der Waals surface area contributed by atoms with Crippen molar-refractivity contribution in [2.24, 2.45) is 5.92 Å². The molecule has 0 saturated heterocycles. The smallest absolute Gasteiger partial charge is 0.132 e. The highest BCUT2D eigenvalue weighted by Gasteiger charge is 2.22. The molecule has 0 spiro atoms. The van der Waals surface area contributed by atoms with Crippen LogP contribution in [0.2, 0.25) is 0 Å². The zero-order chi connectivity index (χ0) is 10.8. The number of hydrogen-bond donors (Lipinski definition) is 0. The van der Waals surface area contributed by atoms with Gasteiger partial charge >= 0.3 is 0 Å². The summed E-state index contributed by atoms with van der Waals surface area (Å²) in [6.07, 6.45) is 2.69. The molecule has 82 valence electrons. The molecule has 0 unspecified atom stereocenters. The number of ether oxygens (including phenoxy) is 1. The van der Waals surface area contributed by atoms with Gasteiger partial charge in [-0.05, 0) is 25.2 Å². The van der Waals surface area contributed by atoms with Crippen LogP contribution in [0.25, 0.3) is 0 Å². The van der Waals surface area contributed by atoms with Crippen molar-refractivity contribution < 1.29 is 13.5 Å². The highest BCUT2D eigenvalue weighted by atomic mass is 19.1. The fraction of sp³-hybridized carbons (Fsp3) is 0.500. The van der Waals surface area contributed by atoms with Crippen molar-refractivity contribution in [3.8, 4) is 5.75 Å². The standard InChI is InChI=1S/C12H14F2O/c1-2-10-11(13)5-9(6-12(10)14)15-7-8-3-4-8/h5-6,8H,2-4,7H2,1H3. The molecule has 2 rings (SSSR count). The Bertz CT molecular complexity index is 336. The molecule has 0 aliphatic heterocycles. The summed E-state index contributed by atoms with van der Waals surface area (Å²) in [6.45, 7) is 2.30. The molecule has 1 aliphatic rings. The van der Waals surface area contributed by atoms with E-state index in [4.69, 9.17) is 4.74 Å². The molecule has 3 heteroatoms. The number of benzene rings is 1. The topological polar surface area (TPSA) is 9.23 Å². The molecule has 0 atom stereocenters. The van der Waals surface area contributed by atoms with E-state index in [1.165, 1.54) is 12.1 Å². The number of hydrogen-bond acceptors (Lipinski definition) is 1. The Morgan fingerprint density at radius 2 is 1.87 bits per heavy atom. The lowest BCUT2D eigenvalue weighted by molar-refractivity contribution is 0.296. The van der Waals surface area contributed by atoms with Crippen molar-refractivity contribution >= 4 is 0 Å². The second-order valence-electron chi connectivity index (χ2n) is 3.97. The largest absolute Gasteiger partial charge is 0.493 e. The van der Waals surface area contributed by atoms with Crippen LogP contribution in [0.4, 0.5) is 8.78 Å². The SMILES string of the molecule is CCc1c(F)cc(OCC2CC2)cc1F. The summed E-state index contributed by atoms with van der Waals surface area (Å²) in [7, 11) is 0. The maximum absolute atomic E-state index is 13.3. The third kappa shape index (κ3) is 2.46. The van der Waals surface area contributed by atoms with Gasteiger partial charge in [0.05, 0.1) is 6.61 Å². The van der Waals surface area contributed by atoms with Gasteiger partial charge in [-0.1, -0.05) is 6.92 Å². The molecule has 1 aromatic rings. The van der Waals surface area contributed by atoms with E-state index in [1.54, 1.807) is 6.92 Å². The van der Waals surface area contributed by atoms with E-state index in [2.05, 4.69) is 0 Å². The quantitative estimate of drug-likeness (QED) is 0.744. The first kappa shape index (κ1) is 10.4. The molecule has 0 aromatic heterocycles. The second kappa shape index (κ2) is 4.17. The average molecular weight is 212 g/mol. The highest BCUT2D eigenvalue weighted by Crippen LogP contribution is 2.30. The van der Waals surface area contributed by atoms with E-state index < -0.39 is 11.6 Å². The molecule has 0 heterocycles. The van der Waals surface area contributed by atoms with Crippen LogP contribution in [0.15, 0.2) is 12.1 Å². The first-order chi connectivity index (χ1) is 7.20. The van der Waals surface area contributed by atoms with E-state index in [0.29, 0.717) is 24.7 Å². The van der Waals surface area contributed by atoms with Crippen LogP contribution in [0.1, 0.15) is 25.3 Å². The number of rotatable bonds is 4. The van der Waals surface area contributed by atoms with Gasteiger partial charge in [0, 0.05) is 17.7 Å². The normalized spacial score (nSPS) is 15.4. The van der Waals surface area contributed by atoms with Gasteiger partial charge in [-0.3, -0.25) is 0 Å². The van der Waals surface area contributed by atoms with Crippen molar-refractivity contribution in [3.63, 3.8) is 0 Å². The molecular formula is C12H14F2O. The van der Waals surface area contributed by atoms with E-state index in [-0.39, 0.29) is 5.56 Å². The molecule has 15 heavy (non-hydrogen) atoms. The summed E-state index contributed by atoms with van der Waals surface area (Å²) in [5.41, 5.74) is 0.133. The lowest BCUT2D eigenvalue weighted by Crippen LogP contribution is -2.01. The van der Waals surface area contributed by atoms with E-state index in [9.17, 15) is 8.78 Å². The average Bonchev–Trinajstić information content (AvgIpc) is 2.97. The fourth-order valence-electron chi connectivity index (χ4n) is 1.50. The predicted octanol–water partition coefficient (Wildman–Crippen LogP) is 3.32. The van der Waals surface area contributed by atoms with Crippen LogP contribution in [-0.4, -0.2) is 6.61 Å². The van der Waals surface area contributed by atoms with Gasteiger partial charge in [-0.2, -0.15) is 0 Å². The van der Waals surface area contributed by atoms with E-state index in [0.717, 1.165) is 12.8 Å². The Morgan fingerprint density at radius 3 is 2.33 bits per heavy atom. The summed E-state index contributed by atoms with van der Waals surface area (Å²) in [5.74, 6) is -0.136. The third-order valence-electron chi connectivity index (χ3n) is 2.65. The van der Waals surface area contributed by atoms with Crippen LogP contribution < -0.4 is 4.74 Å². The third-order valence-corrected chi connectivity index (χ3v) is 2.65. The maximum atomic E-state index is 13.3. The monoisotopic (exact) mass is 212 g/mol. The minimum atomic E-state index is -0.511. The predicted molar refractivity (Wildman–Crippen MR) is 54.0 cm³/mol. The van der Waals surface area contributed by atoms with Crippen LogP contribution in [0.3, 0.4) is 0 Å². The lowest BCUT2D eigenvalue weighted by atomic mass is 10.1. The summed E-state index contributed by atoms with van der Waals surface area (Å²) >= 11 is 0. The zero-order valence-electron chi connectivity index (χ0n) is 8.72. The first-order valence-corrected chi connectivity index (χ1v) is 5.31. The molecule has 0 bridgehead atoms. The van der Waals surface area contributed by atoms with E-state index >= 15 is 0 Å². The Hall–Kier alpha value is -1.12. The highest BCUT2D eigenvalue weighted by molar-refractivity contribution is 5.30. The van der Waals surface area contributed by atoms with Crippen molar-refractivity contribution in [1.29, 1.82) is 0 Å². The lowest BCUT2D eigenvalue weighted by Gasteiger charge is -2.08. The molecule has 0 radical (unpaired) electrons. The van der Waals surface area contributed by atoms with Crippen molar-refractivity contribution in [1.82, 2.24) is 0 Å². The van der Waals surface area contributed by atoms with Crippen molar-refractivity contribution in [2.45, 2.75) is 26.2 Å². The molecule has 1 saturated carbocycles. The Balaban J connectivity index is 2.10. The Labute approximate surface area is 88.1 Å². The van der Waals surface area contributed by atoms with Gasteiger partial charge in [0.1, 0.15) is 17.4 Å². The van der Waals surface area contributed by atoms with Gasteiger partial charge in [0.2, 0.25) is 0 Å². The van der Waals surface area contributed by atoms with Gasteiger partial charge in [-0.15, -0.1) is 0 Å². The number of halogens is 2. The summed E-state index contributed by atoms with van der Waals surface area (Å²) in [6, 6.07) is 2.54.